The maximum atomic E-state index is 2.38. The van der Waals surface area contributed by atoms with Crippen LogP contribution >= 0.6 is 11.3 Å². The van der Waals surface area contributed by atoms with Gasteiger partial charge < -0.3 is 4.57 Å². The molecule has 1 aliphatic carbocycles. The van der Waals surface area contributed by atoms with E-state index in [0.29, 0.717) is 0 Å². The minimum atomic E-state index is -0.359. The van der Waals surface area contributed by atoms with E-state index >= 15 is 0 Å². The lowest BCUT2D eigenvalue weighted by Crippen LogP contribution is -2.28. The maximum absolute atomic E-state index is 2.38. The molecule has 0 radical (unpaired) electrons. The van der Waals surface area contributed by atoms with Crippen molar-refractivity contribution in [3.8, 4) is 16.1 Å². The summed E-state index contributed by atoms with van der Waals surface area (Å²) < 4.78 is 3.67. The summed E-state index contributed by atoms with van der Waals surface area (Å²) >= 11 is 1.85. The van der Waals surface area contributed by atoms with Gasteiger partial charge >= 0.3 is 0 Å². The van der Waals surface area contributed by atoms with E-state index in [9.17, 15) is 0 Å². The Morgan fingerprint density at radius 3 is 2.00 bits per heavy atom. The summed E-state index contributed by atoms with van der Waals surface area (Å²) in [5.41, 5.74) is 8.87. The minimum Gasteiger partial charge on any atom is -0.308 e. The Hall–Kier alpha value is -4.40. The number of benzene rings is 5. The first kappa shape index (κ1) is 20.8. The first-order chi connectivity index (χ1) is 18.4. The molecule has 1 nitrogen and oxygen atoms in total. The molecule has 7 aromatic rings. The molecule has 5 aromatic carbocycles. The van der Waals surface area contributed by atoms with Crippen LogP contribution in [-0.2, 0) is 5.41 Å². The topological polar surface area (TPSA) is 4.93 Å². The summed E-state index contributed by atoms with van der Waals surface area (Å²) in [5, 5.41) is 3.85. The monoisotopic (exact) mass is 489 g/mol. The van der Waals surface area contributed by atoms with Crippen molar-refractivity contribution in [3.05, 3.63) is 162 Å². The van der Waals surface area contributed by atoms with E-state index in [0.717, 1.165) is 0 Å². The Bertz CT molecular complexity index is 1850. The standard InChI is InChI=1S/C35H23NS/c1-3-12-25(13-4-1)35(26-14-5-2-6-15-26)29-17-9-8-16-27(29)34-28-21-22-36(31(28)20-19-30(34)35)33-23-24-11-7-10-18-32(24)37-33/h1-23H. The second kappa shape index (κ2) is 7.80. The number of thiophene rings is 1. The minimum absolute atomic E-state index is 0.359. The fourth-order valence-corrected chi connectivity index (χ4v) is 7.50. The Labute approximate surface area is 219 Å². The van der Waals surface area contributed by atoms with Crippen LogP contribution < -0.4 is 0 Å². The highest BCUT2D eigenvalue weighted by Gasteiger charge is 2.46. The molecule has 0 saturated carbocycles. The second-order valence-electron chi connectivity index (χ2n) is 9.76. The number of fused-ring (bicyclic) bond motifs is 6. The Balaban J connectivity index is 1.47. The number of nitrogens with zero attached hydrogens (tertiary/aromatic N) is 1. The maximum Gasteiger partial charge on any atom is 0.101 e. The van der Waals surface area contributed by atoms with Gasteiger partial charge in [0.05, 0.1) is 10.9 Å². The van der Waals surface area contributed by atoms with Gasteiger partial charge in [0, 0.05) is 16.3 Å². The number of rotatable bonds is 3. The summed E-state index contributed by atoms with van der Waals surface area (Å²) in [4.78, 5) is 0. The number of aromatic nitrogens is 1. The molecular formula is C35H23NS. The van der Waals surface area contributed by atoms with Crippen molar-refractivity contribution in [3.63, 3.8) is 0 Å². The quantitative estimate of drug-likeness (QED) is 0.233. The van der Waals surface area contributed by atoms with Crippen LogP contribution in [0.5, 0.6) is 0 Å². The van der Waals surface area contributed by atoms with Crippen LogP contribution in [0.4, 0.5) is 0 Å². The largest absolute Gasteiger partial charge is 0.308 e. The molecule has 0 amide bonds. The van der Waals surface area contributed by atoms with Crippen molar-refractivity contribution in [1.82, 2.24) is 4.57 Å². The highest BCUT2D eigenvalue weighted by atomic mass is 32.1. The Morgan fingerprint density at radius 1 is 0.568 bits per heavy atom. The molecule has 2 heteroatoms. The molecule has 0 fully saturated rings. The average molecular weight is 490 g/mol. The summed E-state index contributed by atoms with van der Waals surface area (Å²) in [6.07, 6.45) is 2.24. The van der Waals surface area contributed by atoms with Crippen molar-refractivity contribution in [2.45, 2.75) is 5.41 Å². The predicted molar refractivity (Wildman–Crippen MR) is 156 cm³/mol. The van der Waals surface area contributed by atoms with Crippen LogP contribution in [0, 0.1) is 0 Å². The zero-order chi connectivity index (χ0) is 24.4. The van der Waals surface area contributed by atoms with Crippen molar-refractivity contribution >= 4 is 32.3 Å². The predicted octanol–water partition coefficient (Wildman–Crippen LogP) is 9.21. The summed E-state index contributed by atoms with van der Waals surface area (Å²) in [6, 6.07) is 48.9. The highest BCUT2D eigenvalue weighted by Crippen LogP contribution is 2.57. The SMILES string of the molecule is c1ccc(C2(c3ccccc3)c3ccccc3-c3c2ccc2c3ccn2-c2cc3ccccc3s2)cc1. The van der Waals surface area contributed by atoms with Gasteiger partial charge in [-0.15, -0.1) is 11.3 Å². The van der Waals surface area contributed by atoms with Crippen LogP contribution in [-0.4, -0.2) is 4.57 Å². The van der Waals surface area contributed by atoms with Gasteiger partial charge in [0.1, 0.15) is 5.00 Å². The molecule has 37 heavy (non-hydrogen) atoms. The van der Waals surface area contributed by atoms with E-state index in [1.807, 2.05) is 11.3 Å². The van der Waals surface area contributed by atoms with Crippen LogP contribution in [0.2, 0.25) is 0 Å². The molecule has 1 aliphatic rings. The van der Waals surface area contributed by atoms with E-state index in [-0.39, 0.29) is 5.41 Å². The van der Waals surface area contributed by atoms with Gasteiger partial charge in [0.2, 0.25) is 0 Å². The average Bonchev–Trinajstić information content (AvgIpc) is 3.66. The molecule has 0 N–H and O–H groups in total. The lowest BCUT2D eigenvalue weighted by molar-refractivity contribution is 0.769. The summed E-state index contributed by atoms with van der Waals surface area (Å²) in [5.74, 6) is 0. The van der Waals surface area contributed by atoms with E-state index in [1.165, 1.54) is 59.4 Å². The van der Waals surface area contributed by atoms with E-state index in [1.54, 1.807) is 0 Å². The Morgan fingerprint density at radius 2 is 1.24 bits per heavy atom. The highest BCUT2D eigenvalue weighted by molar-refractivity contribution is 7.21. The molecule has 8 rings (SSSR count). The van der Waals surface area contributed by atoms with E-state index in [2.05, 4.69) is 144 Å². The number of hydrogen-bond acceptors (Lipinski definition) is 1. The van der Waals surface area contributed by atoms with Crippen LogP contribution in [0.3, 0.4) is 0 Å². The zero-order valence-electron chi connectivity index (χ0n) is 20.1. The van der Waals surface area contributed by atoms with Gasteiger partial charge in [-0.25, -0.2) is 0 Å². The molecule has 0 spiro atoms. The normalized spacial score (nSPS) is 13.6. The first-order valence-electron chi connectivity index (χ1n) is 12.7. The van der Waals surface area contributed by atoms with Crippen molar-refractivity contribution < 1.29 is 0 Å². The summed E-state index contributed by atoms with van der Waals surface area (Å²) in [7, 11) is 0. The van der Waals surface area contributed by atoms with Crippen LogP contribution in [0.1, 0.15) is 22.3 Å². The lowest BCUT2D eigenvalue weighted by Gasteiger charge is -2.33. The molecule has 2 aromatic heterocycles. The smallest absolute Gasteiger partial charge is 0.101 e. The fourth-order valence-electron chi connectivity index (χ4n) is 6.44. The van der Waals surface area contributed by atoms with Gasteiger partial charge in [-0.05, 0) is 63.0 Å². The van der Waals surface area contributed by atoms with Crippen molar-refractivity contribution in [2.75, 3.05) is 0 Å². The third-order valence-corrected chi connectivity index (χ3v) is 9.06. The van der Waals surface area contributed by atoms with Gasteiger partial charge in [0.15, 0.2) is 0 Å². The second-order valence-corrected chi connectivity index (χ2v) is 10.8. The van der Waals surface area contributed by atoms with Crippen LogP contribution in [0.25, 0.3) is 37.1 Å². The summed E-state index contributed by atoms with van der Waals surface area (Å²) in [6.45, 7) is 0. The zero-order valence-corrected chi connectivity index (χ0v) is 21.0. The molecular weight excluding hydrogens is 466 g/mol. The third kappa shape index (κ3) is 2.79. The van der Waals surface area contributed by atoms with Crippen molar-refractivity contribution in [1.29, 1.82) is 0 Å². The van der Waals surface area contributed by atoms with Gasteiger partial charge in [-0.3, -0.25) is 0 Å². The van der Waals surface area contributed by atoms with E-state index < -0.39 is 0 Å². The first-order valence-corrected chi connectivity index (χ1v) is 13.5. The van der Waals surface area contributed by atoms with Gasteiger partial charge in [-0.1, -0.05) is 109 Å². The van der Waals surface area contributed by atoms with Crippen molar-refractivity contribution in [2.24, 2.45) is 0 Å². The number of hydrogen-bond donors (Lipinski definition) is 0. The molecule has 0 bridgehead atoms. The molecule has 2 heterocycles. The third-order valence-electron chi connectivity index (χ3n) is 7.94. The molecule has 0 atom stereocenters. The lowest BCUT2D eigenvalue weighted by atomic mass is 9.67. The fraction of sp³-hybridized carbons (Fsp3) is 0.0286. The van der Waals surface area contributed by atoms with Gasteiger partial charge in [0.25, 0.3) is 0 Å². The molecule has 174 valence electrons. The van der Waals surface area contributed by atoms with Gasteiger partial charge in [-0.2, -0.15) is 0 Å². The van der Waals surface area contributed by atoms with Crippen LogP contribution in [0.15, 0.2) is 140 Å². The van der Waals surface area contributed by atoms with E-state index in [4.69, 9.17) is 0 Å². The molecule has 0 unspecified atom stereocenters. The molecule has 0 aliphatic heterocycles. The Kier molecular flexibility index (Phi) is 4.37. The molecule has 0 saturated heterocycles.